The first-order valence-electron chi connectivity index (χ1n) is 8.32. The molecule has 3 aromatic rings. The van der Waals surface area contributed by atoms with Gasteiger partial charge in [0.2, 0.25) is 0 Å². The van der Waals surface area contributed by atoms with Crippen LogP contribution in [-0.4, -0.2) is 29.7 Å². The summed E-state index contributed by atoms with van der Waals surface area (Å²) < 4.78 is 10.7. The zero-order chi connectivity index (χ0) is 16.7. The topological polar surface area (TPSA) is 64.2 Å². The molecule has 1 aromatic carbocycles. The first kappa shape index (κ1) is 15.0. The first-order chi connectivity index (χ1) is 11.7. The second-order valence-corrected chi connectivity index (χ2v) is 6.27. The van der Waals surface area contributed by atoms with Gasteiger partial charge >= 0.3 is 5.97 Å². The Balaban J connectivity index is 1.94. The molecule has 1 aliphatic carbocycles. The Kier molecular flexibility index (Phi) is 3.44. The van der Waals surface area contributed by atoms with Crippen LogP contribution in [0.25, 0.3) is 21.8 Å². The van der Waals surface area contributed by atoms with Gasteiger partial charge in [-0.1, -0.05) is 6.42 Å². The van der Waals surface area contributed by atoms with E-state index in [4.69, 9.17) is 9.47 Å². The molecule has 0 spiro atoms. The Hall–Kier alpha value is -2.56. The van der Waals surface area contributed by atoms with Gasteiger partial charge in [0, 0.05) is 22.5 Å². The molecule has 2 aromatic heterocycles. The number of nitrogens with zero attached hydrogens (tertiary/aromatic N) is 1. The van der Waals surface area contributed by atoms with Gasteiger partial charge < -0.3 is 14.5 Å². The van der Waals surface area contributed by atoms with E-state index >= 15 is 0 Å². The number of carbonyl (C=O) groups is 1. The summed E-state index contributed by atoms with van der Waals surface area (Å²) in [6.07, 6.45) is 4.38. The number of aromatic nitrogens is 2. The van der Waals surface area contributed by atoms with Crippen LogP contribution >= 0.6 is 0 Å². The molecule has 1 fully saturated rings. The fraction of sp³-hybridized carbons (Fsp3) is 0.368. The number of carbonyl (C=O) groups excluding carboxylic acids is 1. The molecule has 1 aliphatic rings. The van der Waals surface area contributed by atoms with Gasteiger partial charge in [-0.05, 0) is 44.0 Å². The van der Waals surface area contributed by atoms with E-state index in [2.05, 4.69) is 9.97 Å². The predicted octanol–water partition coefficient (Wildman–Crippen LogP) is 3.71. The Labute approximate surface area is 140 Å². The van der Waals surface area contributed by atoms with Gasteiger partial charge in [0.25, 0.3) is 0 Å². The lowest BCUT2D eigenvalue weighted by molar-refractivity contribution is -0.154. The van der Waals surface area contributed by atoms with Crippen LogP contribution in [0.15, 0.2) is 30.5 Å². The Morgan fingerprint density at radius 3 is 2.79 bits per heavy atom. The SMILES string of the molecule is CCOC(=O)C1(c2nccc3c2[nH]c2ccc(OC)cc23)CCC1. The van der Waals surface area contributed by atoms with Crippen LogP contribution < -0.4 is 4.74 Å². The Bertz CT molecular complexity index is 925. The van der Waals surface area contributed by atoms with E-state index in [1.807, 2.05) is 31.2 Å². The van der Waals surface area contributed by atoms with Crippen molar-refractivity contribution in [3.63, 3.8) is 0 Å². The summed E-state index contributed by atoms with van der Waals surface area (Å²) in [4.78, 5) is 20.6. The molecule has 0 saturated heterocycles. The minimum Gasteiger partial charge on any atom is -0.497 e. The van der Waals surface area contributed by atoms with Crippen molar-refractivity contribution in [1.29, 1.82) is 0 Å². The van der Waals surface area contributed by atoms with Gasteiger partial charge in [-0.3, -0.25) is 9.78 Å². The number of benzene rings is 1. The van der Waals surface area contributed by atoms with Crippen LogP contribution in [0.2, 0.25) is 0 Å². The highest BCUT2D eigenvalue weighted by Crippen LogP contribution is 2.46. The Morgan fingerprint density at radius 1 is 1.29 bits per heavy atom. The highest BCUT2D eigenvalue weighted by atomic mass is 16.5. The highest BCUT2D eigenvalue weighted by molar-refractivity contribution is 6.09. The molecule has 2 heterocycles. The zero-order valence-electron chi connectivity index (χ0n) is 13.9. The molecule has 5 heteroatoms. The summed E-state index contributed by atoms with van der Waals surface area (Å²) >= 11 is 0. The minimum absolute atomic E-state index is 0.160. The monoisotopic (exact) mass is 324 g/mol. The van der Waals surface area contributed by atoms with Crippen molar-refractivity contribution in [3.05, 3.63) is 36.2 Å². The smallest absolute Gasteiger partial charge is 0.318 e. The van der Waals surface area contributed by atoms with Crippen molar-refractivity contribution < 1.29 is 14.3 Å². The van der Waals surface area contributed by atoms with Crippen molar-refractivity contribution in [3.8, 4) is 5.75 Å². The fourth-order valence-electron chi connectivity index (χ4n) is 3.63. The van der Waals surface area contributed by atoms with E-state index < -0.39 is 5.41 Å². The molecular formula is C19H20N2O3. The maximum atomic E-state index is 12.6. The number of rotatable bonds is 4. The van der Waals surface area contributed by atoms with Gasteiger partial charge in [0.15, 0.2) is 0 Å². The number of nitrogens with one attached hydrogen (secondary N) is 1. The molecule has 0 radical (unpaired) electrons. The molecule has 124 valence electrons. The summed E-state index contributed by atoms with van der Waals surface area (Å²) in [7, 11) is 1.66. The molecule has 0 atom stereocenters. The van der Waals surface area contributed by atoms with Crippen molar-refractivity contribution >= 4 is 27.8 Å². The van der Waals surface area contributed by atoms with Crippen LogP contribution in [0.4, 0.5) is 0 Å². The number of H-pyrrole nitrogens is 1. The molecule has 0 aliphatic heterocycles. The van der Waals surface area contributed by atoms with E-state index in [-0.39, 0.29) is 5.97 Å². The van der Waals surface area contributed by atoms with Gasteiger partial charge in [-0.25, -0.2) is 0 Å². The molecule has 5 nitrogen and oxygen atoms in total. The molecule has 4 rings (SSSR count). The summed E-state index contributed by atoms with van der Waals surface area (Å²) in [5.41, 5.74) is 2.13. The van der Waals surface area contributed by atoms with Gasteiger partial charge in [-0.2, -0.15) is 0 Å². The van der Waals surface area contributed by atoms with E-state index in [1.165, 1.54) is 0 Å². The van der Waals surface area contributed by atoms with Crippen LogP contribution in [0.5, 0.6) is 5.75 Å². The maximum Gasteiger partial charge on any atom is 0.318 e. The number of aromatic amines is 1. The molecule has 1 saturated carbocycles. The van der Waals surface area contributed by atoms with E-state index in [1.54, 1.807) is 13.3 Å². The summed E-state index contributed by atoms with van der Waals surface area (Å²) in [6, 6.07) is 7.91. The lowest BCUT2D eigenvalue weighted by atomic mass is 9.66. The number of pyridine rings is 1. The third-order valence-electron chi connectivity index (χ3n) is 5.05. The molecule has 0 bridgehead atoms. The van der Waals surface area contributed by atoms with Gasteiger partial charge in [0.1, 0.15) is 11.2 Å². The van der Waals surface area contributed by atoms with E-state index in [9.17, 15) is 4.79 Å². The maximum absolute atomic E-state index is 12.6. The molecular weight excluding hydrogens is 304 g/mol. The van der Waals surface area contributed by atoms with E-state index in [0.717, 1.165) is 52.5 Å². The third-order valence-corrected chi connectivity index (χ3v) is 5.05. The highest BCUT2D eigenvalue weighted by Gasteiger charge is 2.49. The number of hydrogen-bond donors (Lipinski definition) is 1. The van der Waals surface area contributed by atoms with Crippen molar-refractivity contribution in [2.75, 3.05) is 13.7 Å². The summed E-state index contributed by atoms with van der Waals surface area (Å²) in [6.45, 7) is 2.23. The number of ether oxygens (including phenoxy) is 2. The second-order valence-electron chi connectivity index (χ2n) is 6.27. The standard InChI is InChI=1S/C19H20N2O3/c1-3-24-18(22)19(8-4-9-19)17-16-13(7-10-20-17)14-11-12(23-2)5-6-15(14)21-16/h5-7,10-11,21H,3-4,8-9H2,1-2H3. The average Bonchev–Trinajstić information content (AvgIpc) is 2.92. The normalized spacial score (nSPS) is 16.1. The van der Waals surface area contributed by atoms with Gasteiger partial charge in [-0.15, -0.1) is 0 Å². The van der Waals surface area contributed by atoms with Crippen LogP contribution in [-0.2, 0) is 14.9 Å². The van der Waals surface area contributed by atoms with E-state index in [0.29, 0.717) is 6.61 Å². The average molecular weight is 324 g/mol. The lowest BCUT2D eigenvalue weighted by Gasteiger charge is -2.38. The number of esters is 1. The second kappa shape index (κ2) is 5.51. The first-order valence-corrected chi connectivity index (χ1v) is 8.32. The van der Waals surface area contributed by atoms with Crippen LogP contribution in [0, 0.1) is 0 Å². The minimum atomic E-state index is -0.611. The van der Waals surface area contributed by atoms with Crippen LogP contribution in [0.1, 0.15) is 31.9 Å². The van der Waals surface area contributed by atoms with Crippen molar-refractivity contribution in [2.24, 2.45) is 0 Å². The zero-order valence-corrected chi connectivity index (χ0v) is 13.9. The van der Waals surface area contributed by atoms with Crippen molar-refractivity contribution in [1.82, 2.24) is 9.97 Å². The summed E-state index contributed by atoms with van der Waals surface area (Å²) in [5.74, 6) is 0.651. The predicted molar refractivity (Wildman–Crippen MR) is 92.3 cm³/mol. The number of fused-ring (bicyclic) bond motifs is 3. The number of hydrogen-bond acceptors (Lipinski definition) is 4. The largest absolute Gasteiger partial charge is 0.497 e. The molecule has 1 N–H and O–H groups in total. The van der Waals surface area contributed by atoms with Crippen molar-refractivity contribution in [2.45, 2.75) is 31.6 Å². The number of methoxy groups -OCH3 is 1. The Morgan fingerprint density at radius 2 is 2.12 bits per heavy atom. The molecule has 0 amide bonds. The van der Waals surface area contributed by atoms with Crippen LogP contribution in [0.3, 0.4) is 0 Å². The lowest BCUT2D eigenvalue weighted by Crippen LogP contribution is -2.44. The van der Waals surface area contributed by atoms with Gasteiger partial charge in [0.05, 0.1) is 24.9 Å². The molecule has 0 unspecified atom stereocenters. The quantitative estimate of drug-likeness (QED) is 0.743. The molecule has 24 heavy (non-hydrogen) atoms. The summed E-state index contributed by atoms with van der Waals surface area (Å²) in [5, 5.41) is 2.14. The fourth-order valence-corrected chi connectivity index (χ4v) is 3.63. The third kappa shape index (κ3) is 2.00.